The number of hydrogen-bond donors (Lipinski definition) is 4. The molecule has 5 N–H and O–H groups in total. The highest BCUT2D eigenvalue weighted by molar-refractivity contribution is 6.02. The fourth-order valence-corrected chi connectivity index (χ4v) is 1.36. The maximum atomic E-state index is 10.6. The Balaban J connectivity index is 2.88. The predicted octanol–water partition coefficient (Wildman–Crippen LogP) is 1.41. The van der Waals surface area contributed by atoms with Crippen LogP contribution in [0.2, 0.25) is 0 Å². The zero-order chi connectivity index (χ0) is 12.8. The minimum absolute atomic E-state index is 0.187. The summed E-state index contributed by atoms with van der Waals surface area (Å²) < 4.78 is 5.42. The zero-order valence-corrected chi connectivity index (χ0v) is 9.83. The van der Waals surface area contributed by atoms with Gasteiger partial charge in [0.25, 0.3) is 0 Å². The van der Waals surface area contributed by atoms with Gasteiger partial charge in [-0.05, 0) is 25.5 Å². The highest BCUT2D eigenvalue weighted by Crippen LogP contribution is 2.27. The van der Waals surface area contributed by atoms with E-state index in [1.807, 2.05) is 26.0 Å². The molecule has 6 nitrogen and oxygen atoms in total. The van der Waals surface area contributed by atoms with E-state index in [1.54, 1.807) is 6.07 Å². The van der Waals surface area contributed by atoms with E-state index >= 15 is 0 Å². The largest absolute Gasteiger partial charge is 0.492 e. The molecule has 0 aliphatic rings. The number of benzene rings is 1. The maximum Gasteiger partial charge on any atom is 0.318 e. The fourth-order valence-electron chi connectivity index (χ4n) is 1.36. The Morgan fingerprint density at radius 3 is 2.82 bits per heavy atom. The third kappa shape index (κ3) is 3.67. The monoisotopic (exact) mass is 236 g/mol. The Labute approximate surface area is 99.7 Å². The third-order valence-electron chi connectivity index (χ3n) is 2.03. The van der Waals surface area contributed by atoms with Crippen LogP contribution in [0.5, 0.6) is 5.75 Å². The number of primary amides is 1. The SMILES string of the molecule is CCOc1cccc(C)c1NC(=N)NC(N)=O. The minimum atomic E-state index is -0.783. The number of nitrogens with one attached hydrogen (secondary N) is 3. The van der Waals surface area contributed by atoms with Crippen LogP contribution in [0.3, 0.4) is 0 Å². The van der Waals surface area contributed by atoms with Crippen molar-refractivity contribution in [2.45, 2.75) is 13.8 Å². The second-order valence-electron chi connectivity index (χ2n) is 3.37. The Morgan fingerprint density at radius 1 is 1.53 bits per heavy atom. The van der Waals surface area contributed by atoms with Crippen molar-refractivity contribution >= 4 is 17.7 Å². The van der Waals surface area contributed by atoms with Gasteiger partial charge in [0.2, 0.25) is 5.96 Å². The van der Waals surface area contributed by atoms with E-state index in [1.165, 1.54) is 0 Å². The Kier molecular flexibility index (Phi) is 4.33. The maximum absolute atomic E-state index is 10.6. The van der Waals surface area contributed by atoms with Gasteiger partial charge in [-0.1, -0.05) is 12.1 Å². The molecule has 17 heavy (non-hydrogen) atoms. The van der Waals surface area contributed by atoms with Gasteiger partial charge >= 0.3 is 6.03 Å². The second-order valence-corrected chi connectivity index (χ2v) is 3.37. The highest BCUT2D eigenvalue weighted by Gasteiger charge is 2.08. The molecule has 0 atom stereocenters. The van der Waals surface area contributed by atoms with Crippen LogP contribution in [0.15, 0.2) is 18.2 Å². The van der Waals surface area contributed by atoms with Crippen molar-refractivity contribution in [2.24, 2.45) is 5.73 Å². The van der Waals surface area contributed by atoms with Crippen LogP contribution in [-0.4, -0.2) is 18.6 Å². The van der Waals surface area contributed by atoms with Gasteiger partial charge in [-0.15, -0.1) is 0 Å². The summed E-state index contributed by atoms with van der Waals surface area (Å²) in [6, 6.07) is 4.74. The summed E-state index contributed by atoms with van der Waals surface area (Å²) in [5, 5.41) is 12.4. The first-order chi connectivity index (χ1) is 8.04. The fraction of sp³-hybridized carbons (Fsp3) is 0.273. The average molecular weight is 236 g/mol. The number of rotatable bonds is 3. The summed E-state index contributed by atoms with van der Waals surface area (Å²) in [4.78, 5) is 10.6. The number of para-hydroxylation sites is 1. The first kappa shape index (κ1) is 12.8. The summed E-state index contributed by atoms with van der Waals surface area (Å²) in [5.74, 6) is 0.441. The lowest BCUT2D eigenvalue weighted by Crippen LogP contribution is -2.38. The second kappa shape index (κ2) is 5.74. The lowest BCUT2D eigenvalue weighted by Gasteiger charge is -2.15. The van der Waals surface area contributed by atoms with Crippen molar-refractivity contribution in [1.29, 1.82) is 5.41 Å². The van der Waals surface area contributed by atoms with Crippen molar-refractivity contribution in [3.63, 3.8) is 0 Å². The highest BCUT2D eigenvalue weighted by atomic mass is 16.5. The number of guanidine groups is 1. The van der Waals surface area contributed by atoms with Crippen molar-refractivity contribution < 1.29 is 9.53 Å². The van der Waals surface area contributed by atoms with E-state index in [-0.39, 0.29) is 5.96 Å². The molecule has 2 amide bonds. The average Bonchev–Trinajstić information content (AvgIpc) is 2.22. The molecule has 1 rings (SSSR count). The normalized spacial score (nSPS) is 9.53. The Hall–Kier alpha value is -2.24. The molecule has 0 unspecified atom stereocenters. The molecular weight excluding hydrogens is 220 g/mol. The van der Waals surface area contributed by atoms with Crippen LogP contribution in [0, 0.1) is 12.3 Å². The van der Waals surface area contributed by atoms with Crippen molar-refractivity contribution in [2.75, 3.05) is 11.9 Å². The van der Waals surface area contributed by atoms with Crippen molar-refractivity contribution in [3.05, 3.63) is 23.8 Å². The summed E-state index contributed by atoms with van der Waals surface area (Å²) in [6.07, 6.45) is 0. The van der Waals surface area contributed by atoms with Crippen molar-refractivity contribution in [3.8, 4) is 5.75 Å². The van der Waals surface area contributed by atoms with E-state index < -0.39 is 6.03 Å². The molecule has 0 bridgehead atoms. The number of anilines is 1. The molecule has 6 heteroatoms. The first-order valence-corrected chi connectivity index (χ1v) is 5.19. The van der Waals surface area contributed by atoms with Gasteiger partial charge in [-0.25, -0.2) is 4.79 Å². The molecule has 0 aliphatic carbocycles. The number of amides is 2. The van der Waals surface area contributed by atoms with Gasteiger partial charge in [0.05, 0.1) is 12.3 Å². The number of ether oxygens (including phenoxy) is 1. The van der Waals surface area contributed by atoms with E-state index in [0.717, 1.165) is 5.56 Å². The summed E-state index contributed by atoms with van der Waals surface area (Å²) in [6.45, 7) is 4.27. The lowest BCUT2D eigenvalue weighted by molar-refractivity contribution is 0.253. The van der Waals surface area contributed by atoms with Crippen LogP contribution in [0.1, 0.15) is 12.5 Å². The van der Waals surface area contributed by atoms with Crippen LogP contribution in [0.4, 0.5) is 10.5 Å². The van der Waals surface area contributed by atoms with E-state index in [4.69, 9.17) is 15.9 Å². The number of nitrogens with two attached hydrogens (primary N) is 1. The smallest absolute Gasteiger partial charge is 0.318 e. The van der Waals surface area contributed by atoms with E-state index in [2.05, 4.69) is 10.6 Å². The minimum Gasteiger partial charge on any atom is -0.492 e. The molecule has 1 aromatic carbocycles. The molecule has 0 saturated carbocycles. The van der Waals surface area contributed by atoms with Gasteiger partial charge in [0.1, 0.15) is 5.75 Å². The Bertz CT molecular complexity index is 431. The molecular formula is C11H16N4O2. The molecule has 0 aliphatic heterocycles. The quantitative estimate of drug-likeness (QED) is 0.471. The van der Waals surface area contributed by atoms with Crippen LogP contribution >= 0.6 is 0 Å². The van der Waals surface area contributed by atoms with Gasteiger partial charge in [-0.3, -0.25) is 10.7 Å². The van der Waals surface area contributed by atoms with Crippen molar-refractivity contribution in [1.82, 2.24) is 5.32 Å². The molecule has 0 saturated heterocycles. The molecule has 0 heterocycles. The number of aryl methyl sites for hydroxylation is 1. The zero-order valence-electron chi connectivity index (χ0n) is 9.83. The van der Waals surface area contributed by atoms with E-state index in [9.17, 15) is 4.79 Å². The molecule has 0 radical (unpaired) electrons. The van der Waals surface area contributed by atoms with Crippen LogP contribution in [-0.2, 0) is 0 Å². The van der Waals surface area contributed by atoms with E-state index in [0.29, 0.717) is 18.0 Å². The van der Waals surface area contributed by atoms with Gasteiger partial charge in [0, 0.05) is 0 Å². The number of carbonyl (C=O) groups excluding carboxylic acids is 1. The Morgan fingerprint density at radius 2 is 2.24 bits per heavy atom. The number of urea groups is 1. The molecule has 0 aromatic heterocycles. The third-order valence-corrected chi connectivity index (χ3v) is 2.03. The summed E-state index contributed by atoms with van der Waals surface area (Å²) in [7, 11) is 0. The summed E-state index contributed by atoms with van der Waals surface area (Å²) in [5.41, 5.74) is 6.48. The van der Waals surface area contributed by atoms with Gasteiger partial charge in [-0.2, -0.15) is 0 Å². The van der Waals surface area contributed by atoms with Crippen LogP contribution in [0.25, 0.3) is 0 Å². The van der Waals surface area contributed by atoms with Crippen LogP contribution < -0.4 is 21.1 Å². The predicted molar refractivity (Wildman–Crippen MR) is 66.4 cm³/mol. The molecule has 1 aromatic rings. The number of hydrogen-bond acceptors (Lipinski definition) is 3. The first-order valence-electron chi connectivity index (χ1n) is 5.19. The van der Waals surface area contributed by atoms with Gasteiger partial charge in [0.15, 0.2) is 0 Å². The lowest BCUT2D eigenvalue weighted by atomic mass is 10.2. The topological polar surface area (TPSA) is 100 Å². The summed E-state index contributed by atoms with van der Waals surface area (Å²) >= 11 is 0. The standard InChI is InChI=1S/C11H16N4O2/c1-3-17-8-6-4-5-7(2)9(8)14-10(12)15-11(13)16/h4-6H,3H2,1-2H3,(H5,12,13,14,15,16). The number of carbonyl (C=O) groups is 1. The molecule has 92 valence electrons. The molecule has 0 fully saturated rings. The van der Waals surface area contributed by atoms with Gasteiger partial charge < -0.3 is 15.8 Å². The molecule has 0 spiro atoms.